The average molecular weight is 329 g/mol. The minimum atomic E-state index is 0.344. The lowest BCUT2D eigenvalue weighted by Crippen LogP contribution is -2.04. The molecule has 1 unspecified atom stereocenters. The molecule has 1 rings (SSSR count). The highest BCUT2D eigenvalue weighted by atomic mass is 79.9. The van der Waals surface area contributed by atoms with Crippen molar-refractivity contribution in [3.8, 4) is 11.5 Å². The maximum Gasteiger partial charge on any atom is 0.161 e. The van der Waals surface area contributed by atoms with Crippen LogP contribution in [-0.4, -0.2) is 13.2 Å². The summed E-state index contributed by atoms with van der Waals surface area (Å²) < 4.78 is 11.5. The van der Waals surface area contributed by atoms with Crippen LogP contribution in [0, 0.1) is 5.92 Å². The fourth-order valence-electron chi connectivity index (χ4n) is 1.74. The monoisotopic (exact) mass is 328 g/mol. The van der Waals surface area contributed by atoms with E-state index in [1.807, 2.05) is 6.07 Å². The van der Waals surface area contributed by atoms with Gasteiger partial charge in [0.05, 0.1) is 13.2 Å². The molecule has 19 heavy (non-hydrogen) atoms. The standard InChI is InChI=1S/C16H25BrO2/c1-5-9-18-14-8-7-13(16(17)12(3)4)11-15(14)19-10-6-2/h7-8,11-12,16H,5-6,9-10H2,1-4H3. The van der Waals surface area contributed by atoms with E-state index in [4.69, 9.17) is 9.47 Å². The molecule has 0 spiro atoms. The molecule has 0 fully saturated rings. The van der Waals surface area contributed by atoms with Crippen molar-refractivity contribution in [1.29, 1.82) is 0 Å². The van der Waals surface area contributed by atoms with Crippen LogP contribution in [0.25, 0.3) is 0 Å². The molecular formula is C16H25BrO2. The highest BCUT2D eigenvalue weighted by molar-refractivity contribution is 9.09. The Morgan fingerprint density at radius 3 is 2.11 bits per heavy atom. The molecule has 1 aromatic rings. The van der Waals surface area contributed by atoms with Gasteiger partial charge in [-0.05, 0) is 36.5 Å². The van der Waals surface area contributed by atoms with Crippen LogP contribution in [0.1, 0.15) is 50.9 Å². The van der Waals surface area contributed by atoms with E-state index in [1.165, 1.54) is 5.56 Å². The van der Waals surface area contributed by atoms with Crippen LogP contribution >= 0.6 is 15.9 Å². The first-order valence-corrected chi connectivity index (χ1v) is 8.05. The maximum atomic E-state index is 5.81. The molecule has 0 N–H and O–H groups in total. The molecule has 0 radical (unpaired) electrons. The summed E-state index contributed by atoms with van der Waals surface area (Å²) in [6, 6.07) is 6.23. The van der Waals surface area contributed by atoms with Crippen molar-refractivity contribution in [2.24, 2.45) is 5.92 Å². The van der Waals surface area contributed by atoms with Gasteiger partial charge in [-0.1, -0.05) is 49.7 Å². The van der Waals surface area contributed by atoms with E-state index >= 15 is 0 Å². The highest BCUT2D eigenvalue weighted by Gasteiger charge is 2.15. The van der Waals surface area contributed by atoms with Crippen molar-refractivity contribution in [3.05, 3.63) is 23.8 Å². The van der Waals surface area contributed by atoms with Gasteiger partial charge in [0.15, 0.2) is 11.5 Å². The molecule has 108 valence electrons. The van der Waals surface area contributed by atoms with Gasteiger partial charge in [0.25, 0.3) is 0 Å². The zero-order valence-corrected chi connectivity index (χ0v) is 14.0. The third-order valence-corrected chi connectivity index (χ3v) is 4.38. The molecular weight excluding hydrogens is 304 g/mol. The molecule has 0 saturated heterocycles. The van der Waals surface area contributed by atoms with E-state index in [2.05, 4.69) is 55.8 Å². The van der Waals surface area contributed by atoms with Gasteiger partial charge in [0.2, 0.25) is 0 Å². The first-order valence-electron chi connectivity index (χ1n) is 7.13. The molecule has 1 atom stereocenters. The van der Waals surface area contributed by atoms with Crippen molar-refractivity contribution < 1.29 is 9.47 Å². The SMILES string of the molecule is CCCOc1ccc(C(Br)C(C)C)cc1OCCC. The van der Waals surface area contributed by atoms with Crippen molar-refractivity contribution in [1.82, 2.24) is 0 Å². The number of ether oxygens (including phenoxy) is 2. The molecule has 0 saturated carbocycles. The zero-order chi connectivity index (χ0) is 14.3. The molecule has 0 heterocycles. The van der Waals surface area contributed by atoms with Gasteiger partial charge < -0.3 is 9.47 Å². The predicted molar refractivity (Wildman–Crippen MR) is 84.5 cm³/mol. The molecule has 0 aliphatic heterocycles. The normalized spacial score (nSPS) is 12.5. The van der Waals surface area contributed by atoms with E-state index in [0.29, 0.717) is 10.7 Å². The maximum absolute atomic E-state index is 5.81. The van der Waals surface area contributed by atoms with Crippen molar-refractivity contribution in [2.45, 2.75) is 45.4 Å². The Bertz CT molecular complexity index is 377. The second kappa shape index (κ2) is 8.47. The zero-order valence-electron chi connectivity index (χ0n) is 12.4. The van der Waals surface area contributed by atoms with Crippen LogP contribution in [0.3, 0.4) is 0 Å². The highest BCUT2D eigenvalue weighted by Crippen LogP contribution is 2.36. The first kappa shape index (κ1) is 16.4. The Kier molecular flexibility index (Phi) is 7.29. The largest absolute Gasteiger partial charge is 0.490 e. The quantitative estimate of drug-likeness (QED) is 0.598. The van der Waals surface area contributed by atoms with Gasteiger partial charge in [-0.25, -0.2) is 0 Å². The lowest BCUT2D eigenvalue weighted by molar-refractivity contribution is 0.268. The smallest absolute Gasteiger partial charge is 0.161 e. The third kappa shape index (κ3) is 5.06. The third-order valence-electron chi connectivity index (χ3n) is 2.79. The van der Waals surface area contributed by atoms with E-state index in [-0.39, 0.29) is 0 Å². The first-order chi connectivity index (χ1) is 9.10. The van der Waals surface area contributed by atoms with Crippen LogP contribution in [0.2, 0.25) is 0 Å². The second-order valence-corrected chi connectivity index (χ2v) is 6.04. The molecule has 1 aromatic carbocycles. The fourth-order valence-corrected chi connectivity index (χ4v) is 2.02. The summed E-state index contributed by atoms with van der Waals surface area (Å²) in [5.41, 5.74) is 1.24. The van der Waals surface area contributed by atoms with E-state index < -0.39 is 0 Å². The Morgan fingerprint density at radius 1 is 1.00 bits per heavy atom. The van der Waals surface area contributed by atoms with E-state index in [0.717, 1.165) is 37.6 Å². The molecule has 0 amide bonds. The van der Waals surface area contributed by atoms with Gasteiger partial charge in [0, 0.05) is 4.83 Å². The van der Waals surface area contributed by atoms with Crippen LogP contribution in [0.4, 0.5) is 0 Å². The number of benzene rings is 1. The van der Waals surface area contributed by atoms with Gasteiger partial charge in [-0.2, -0.15) is 0 Å². The molecule has 0 aliphatic carbocycles. The van der Waals surface area contributed by atoms with Gasteiger partial charge in [-0.3, -0.25) is 0 Å². The number of hydrogen-bond acceptors (Lipinski definition) is 2. The van der Waals surface area contributed by atoms with Crippen LogP contribution in [-0.2, 0) is 0 Å². The minimum Gasteiger partial charge on any atom is -0.490 e. The van der Waals surface area contributed by atoms with E-state index in [1.54, 1.807) is 0 Å². The van der Waals surface area contributed by atoms with E-state index in [9.17, 15) is 0 Å². The molecule has 2 nitrogen and oxygen atoms in total. The summed E-state index contributed by atoms with van der Waals surface area (Å²) in [4.78, 5) is 0.344. The molecule has 3 heteroatoms. The van der Waals surface area contributed by atoms with Crippen molar-refractivity contribution in [3.63, 3.8) is 0 Å². The Labute approximate surface area is 125 Å². The molecule has 0 aromatic heterocycles. The summed E-state index contributed by atoms with van der Waals surface area (Å²) in [5.74, 6) is 2.25. The Morgan fingerprint density at radius 2 is 1.58 bits per heavy atom. The fraction of sp³-hybridized carbons (Fsp3) is 0.625. The van der Waals surface area contributed by atoms with Gasteiger partial charge in [0.1, 0.15) is 0 Å². The van der Waals surface area contributed by atoms with Gasteiger partial charge >= 0.3 is 0 Å². The lowest BCUT2D eigenvalue weighted by Gasteiger charge is -2.18. The topological polar surface area (TPSA) is 18.5 Å². The predicted octanol–water partition coefficient (Wildman–Crippen LogP) is 5.36. The van der Waals surface area contributed by atoms with Crippen LogP contribution in [0.15, 0.2) is 18.2 Å². The van der Waals surface area contributed by atoms with Crippen molar-refractivity contribution >= 4 is 15.9 Å². The molecule has 0 aliphatic rings. The summed E-state index contributed by atoms with van der Waals surface area (Å²) in [6.45, 7) is 10.1. The van der Waals surface area contributed by atoms with Gasteiger partial charge in [-0.15, -0.1) is 0 Å². The summed E-state index contributed by atoms with van der Waals surface area (Å²) in [6.07, 6.45) is 2.00. The number of halogens is 1. The Hall–Kier alpha value is -0.700. The van der Waals surface area contributed by atoms with Crippen LogP contribution < -0.4 is 9.47 Å². The number of alkyl halides is 1. The molecule has 0 bridgehead atoms. The summed E-state index contributed by atoms with van der Waals surface area (Å²) in [5, 5.41) is 0. The lowest BCUT2D eigenvalue weighted by atomic mass is 10.0. The average Bonchev–Trinajstić information content (AvgIpc) is 2.42. The summed E-state index contributed by atoms with van der Waals surface area (Å²) >= 11 is 3.73. The second-order valence-electron chi connectivity index (χ2n) is 5.05. The van der Waals surface area contributed by atoms with Crippen molar-refractivity contribution in [2.75, 3.05) is 13.2 Å². The minimum absolute atomic E-state index is 0.344. The number of rotatable bonds is 8. The summed E-state index contributed by atoms with van der Waals surface area (Å²) in [7, 11) is 0. The Balaban J connectivity index is 2.93. The van der Waals surface area contributed by atoms with Crippen LogP contribution in [0.5, 0.6) is 11.5 Å². The number of hydrogen-bond donors (Lipinski definition) is 0.